The van der Waals surface area contributed by atoms with E-state index in [-0.39, 0.29) is 5.92 Å². The molecule has 0 saturated heterocycles. The molecule has 0 amide bonds. The summed E-state index contributed by atoms with van der Waals surface area (Å²) in [6, 6.07) is 5.72. The number of hydrogen-bond donors (Lipinski definition) is 0. The van der Waals surface area contributed by atoms with Gasteiger partial charge in [-0.2, -0.15) is 15.8 Å². The van der Waals surface area contributed by atoms with E-state index in [9.17, 15) is 0 Å². The van der Waals surface area contributed by atoms with E-state index in [1.54, 1.807) is 0 Å². The van der Waals surface area contributed by atoms with Crippen molar-refractivity contribution in [3.8, 4) is 18.2 Å². The van der Waals surface area contributed by atoms with E-state index in [1.807, 2.05) is 32.1 Å². The summed E-state index contributed by atoms with van der Waals surface area (Å²) in [5.41, 5.74) is 0. The Labute approximate surface area is 67.5 Å². The molecule has 0 rings (SSSR count). The Morgan fingerprint density at radius 3 is 1.36 bits per heavy atom. The molecule has 0 aromatic heterocycles. The molecule has 0 heterocycles. The molecular weight excluding hydrogens is 138 g/mol. The van der Waals surface area contributed by atoms with E-state index in [2.05, 4.69) is 0 Å². The Kier molecular flexibility index (Phi) is 12.5. The smallest absolute Gasteiger partial charge is 0.0649 e. The average Bonchev–Trinajstić information content (AvgIpc) is 2.02. The van der Waals surface area contributed by atoms with Gasteiger partial charge in [-0.25, -0.2) is 0 Å². The molecule has 0 aromatic rings. The molecule has 0 radical (unpaired) electrons. The average molecular weight is 149 g/mol. The molecule has 0 fully saturated rings. The number of unbranched alkanes of at least 4 members (excludes halogenated alkanes) is 1. The van der Waals surface area contributed by atoms with Gasteiger partial charge >= 0.3 is 0 Å². The molecule has 11 heavy (non-hydrogen) atoms. The zero-order valence-electron chi connectivity index (χ0n) is 6.83. The van der Waals surface area contributed by atoms with Gasteiger partial charge in [0.2, 0.25) is 0 Å². The Balaban J connectivity index is 0. The van der Waals surface area contributed by atoms with Crippen LogP contribution in [0.3, 0.4) is 0 Å². The molecule has 0 unspecified atom stereocenters. The van der Waals surface area contributed by atoms with Crippen molar-refractivity contribution in [1.29, 1.82) is 15.8 Å². The summed E-state index contributed by atoms with van der Waals surface area (Å²) in [5, 5.41) is 23.5. The number of nitrogens with zero attached hydrogens (tertiary/aromatic N) is 3. The fraction of sp³-hybridized carbons (Fsp3) is 0.625. The van der Waals surface area contributed by atoms with Crippen molar-refractivity contribution >= 4 is 0 Å². The summed E-state index contributed by atoms with van der Waals surface area (Å²) in [6.07, 6.45) is 0.715. The molecule has 0 aliphatic rings. The second-order valence-electron chi connectivity index (χ2n) is 2.10. The maximum absolute atomic E-state index is 7.89. The molecule has 0 aromatic carbocycles. The van der Waals surface area contributed by atoms with Crippen molar-refractivity contribution in [3.05, 3.63) is 0 Å². The molecule has 3 heteroatoms. The van der Waals surface area contributed by atoms with E-state index >= 15 is 0 Å². The molecule has 0 aliphatic heterocycles. The zero-order chi connectivity index (χ0) is 9.11. The van der Waals surface area contributed by atoms with Gasteiger partial charge in [0, 0.05) is 18.8 Å². The van der Waals surface area contributed by atoms with Crippen molar-refractivity contribution in [3.63, 3.8) is 0 Å². The van der Waals surface area contributed by atoms with Crippen LogP contribution in [0.25, 0.3) is 0 Å². The molecule has 0 bridgehead atoms. The first-order chi connectivity index (χ1) is 5.18. The number of rotatable bonds is 1. The van der Waals surface area contributed by atoms with Crippen LogP contribution in [0.4, 0.5) is 0 Å². The quantitative estimate of drug-likeness (QED) is 0.535. The van der Waals surface area contributed by atoms with Gasteiger partial charge in [-0.15, -0.1) is 0 Å². The molecule has 58 valence electrons. The Morgan fingerprint density at radius 2 is 1.27 bits per heavy atom. The second-order valence-corrected chi connectivity index (χ2v) is 2.10. The molecule has 0 atom stereocenters. The van der Waals surface area contributed by atoms with Crippen LogP contribution in [0.1, 0.15) is 26.7 Å². The van der Waals surface area contributed by atoms with Crippen molar-refractivity contribution in [2.24, 2.45) is 5.92 Å². The number of hydrogen-bond acceptors (Lipinski definition) is 3. The SMILES string of the molecule is CC(C)C#N.N#CCCC#N. The Bertz CT molecular complexity index is 173. The minimum atomic E-state index is 0.190. The van der Waals surface area contributed by atoms with E-state index in [1.165, 1.54) is 0 Å². The molecule has 3 nitrogen and oxygen atoms in total. The van der Waals surface area contributed by atoms with E-state index < -0.39 is 0 Å². The normalized spacial score (nSPS) is 6.55. The lowest BCUT2D eigenvalue weighted by molar-refractivity contribution is 0.849. The number of nitriles is 3. The molecule has 0 N–H and O–H groups in total. The minimum absolute atomic E-state index is 0.190. The van der Waals surface area contributed by atoms with Crippen molar-refractivity contribution in [1.82, 2.24) is 0 Å². The minimum Gasteiger partial charge on any atom is -0.198 e. The molecular formula is C8H11N3. The van der Waals surface area contributed by atoms with Crippen LogP contribution in [0.2, 0.25) is 0 Å². The predicted octanol–water partition coefficient (Wildman–Crippen LogP) is 1.98. The van der Waals surface area contributed by atoms with Crippen molar-refractivity contribution < 1.29 is 0 Å². The van der Waals surface area contributed by atoms with E-state index in [4.69, 9.17) is 15.8 Å². The van der Waals surface area contributed by atoms with Gasteiger partial charge in [0.05, 0.1) is 18.2 Å². The van der Waals surface area contributed by atoms with E-state index in [0.29, 0.717) is 12.8 Å². The lowest BCUT2D eigenvalue weighted by Crippen LogP contribution is -1.72. The third kappa shape index (κ3) is 29.4. The van der Waals surface area contributed by atoms with Crippen molar-refractivity contribution in [2.75, 3.05) is 0 Å². The third-order valence-electron chi connectivity index (χ3n) is 0.607. The summed E-state index contributed by atoms with van der Waals surface area (Å²) >= 11 is 0. The third-order valence-corrected chi connectivity index (χ3v) is 0.607. The largest absolute Gasteiger partial charge is 0.198 e. The van der Waals surface area contributed by atoms with Crippen LogP contribution < -0.4 is 0 Å². The van der Waals surface area contributed by atoms with Crippen LogP contribution >= 0.6 is 0 Å². The highest BCUT2D eigenvalue weighted by atomic mass is 14.2. The fourth-order valence-electron chi connectivity index (χ4n) is 0.112. The van der Waals surface area contributed by atoms with Gasteiger partial charge in [0.1, 0.15) is 0 Å². The monoisotopic (exact) mass is 149 g/mol. The summed E-state index contributed by atoms with van der Waals surface area (Å²) in [6.45, 7) is 3.72. The highest BCUT2D eigenvalue weighted by molar-refractivity contribution is 4.78. The first-order valence-corrected chi connectivity index (χ1v) is 3.32. The van der Waals surface area contributed by atoms with Crippen LogP contribution in [-0.4, -0.2) is 0 Å². The predicted molar refractivity (Wildman–Crippen MR) is 40.9 cm³/mol. The summed E-state index contributed by atoms with van der Waals surface area (Å²) < 4.78 is 0. The first-order valence-electron chi connectivity index (χ1n) is 3.32. The van der Waals surface area contributed by atoms with Gasteiger partial charge in [0.25, 0.3) is 0 Å². The topological polar surface area (TPSA) is 71.4 Å². The second kappa shape index (κ2) is 11.3. The molecule has 0 aliphatic carbocycles. The Hall–Kier alpha value is -1.53. The summed E-state index contributed by atoms with van der Waals surface area (Å²) in [5.74, 6) is 0.190. The van der Waals surface area contributed by atoms with Crippen LogP contribution in [0.15, 0.2) is 0 Å². The van der Waals surface area contributed by atoms with Crippen molar-refractivity contribution in [2.45, 2.75) is 26.7 Å². The first kappa shape index (κ1) is 12.2. The lowest BCUT2D eigenvalue weighted by Gasteiger charge is -1.75. The zero-order valence-corrected chi connectivity index (χ0v) is 6.83. The highest BCUT2D eigenvalue weighted by Crippen LogP contribution is 1.82. The standard InChI is InChI=1S/C4H4N2.C4H7N/c5-3-1-2-4-6;1-4(2)3-5/h1-2H2;4H,1-2H3. The van der Waals surface area contributed by atoms with E-state index in [0.717, 1.165) is 0 Å². The van der Waals surface area contributed by atoms with Crippen LogP contribution in [0, 0.1) is 39.9 Å². The van der Waals surface area contributed by atoms with Gasteiger partial charge in [-0.05, 0) is 13.8 Å². The summed E-state index contributed by atoms with van der Waals surface area (Å²) in [7, 11) is 0. The van der Waals surface area contributed by atoms with Gasteiger partial charge in [-0.3, -0.25) is 0 Å². The highest BCUT2D eigenvalue weighted by Gasteiger charge is 1.78. The maximum Gasteiger partial charge on any atom is 0.0649 e. The van der Waals surface area contributed by atoms with Gasteiger partial charge < -0.3 is 0 Å². The fourth-order valence-corrected chi connectivity index (χ4v) is 0.112. The van der Waals surface area contributed by atoms with Gasteiger partial charge in [-0.1, -0.05) is 0 Å². The maximum atomic E-state index is 7.89. The van der Waals surface area contributed by atoms with Gasteiger partial charge in [0.15, 0.2) is 0 Å². The molecule has 0 saturated carbocycles. The molecule has 0 spiro atoms. The lowest BCUT2D eigenvalue weighted by atomic mass is 10.3. The summed E-state index contributed by atoms with van der Waals surface area (Å²) in [4.78, 5) is 0. The Morgan fingerprint density at radius 1 is 1.00 bits per heavy atom. The van der Waals surface area contributed by atoms with Crippen LogP contribution in [0.5, 0.6) is 0 Å². The van der Waals surface area contributed by atoms with Crippen LogP contribution in [-0.2, 0) is 0 Å².